The first-order valence-corrected chi connectivity index (χ1v) is 6.61. The van der Waals surface area contributed by atoms with E-state index in [1.165, 1.54) is 0 Å². The summed E-state index contributed by atoms with van der Waals surface area (Å²) in [6.45, 7) is 2.73. The van der Waals surface area contributed by atoms with Crippen LogP contribution in [0.25, 0.3) is 0 Å². The summed E-state index contributed by atoms with van der Waals surface area (Å²) < 4.78 is 0. The van der Waals surface area contributed by atoms with E-state index >= 15 is 0 Å². The standard InChI is InChI=1S/C15H18ClN3/c1-11(17)13-6-7-18-15(9-13)19(2)10-12-4-3-5-14(16)8-12/h3-9,11H,10,17H2,1-2H3/t11-/m0/s1. The lowest BCUT2D eigenvalue weighted by Gasteiger charge is -2.19. The van der Waals surface area contributed by atoms with Crippen molar-refractivity contribution in [2.45, 2.75) is 19.5 Å². The second kappa shape index (κ2) is 6.04. The van der Waals surface area contributed by atoms with E-state index in [4.69, 9.17) is 17.3 Å². The molecule has 1 heterocycles. The number of halogens is 1. The lowest BCUT2D eigenvalue weighted by atomic mass is 10.1. The predicted octanol–water partition coefficient (Wildman–Crippen LogP) is 3.39. The van der Waals surface area contributed by atoms with Crippen LogP contribution in [0.3, 0.4) is 0 Å². The fraction of sp³-hybridized carbons (Fsp3) is 0.267. The maximum Gasteiger partial charge on any atom is 0.128 e. The molecule has 0 saturated heterocycles. The number of nitrogens with two attached hydrogens (primary N) is 1. The molecular weight excluding hydrogens is 258 g/mol. The SMILES string of the molecule is C[C@H](N)c1ccnc(N(C)Cc2cccc(Cl)c2)c1. The molecule has 100 valence electrons. The van der Waals surface area contributed by atoms with Crippen molar-refractivity contribution in [3.63, 3.8) is 0 Å². The molecule has 2 rings (SSSR count). The summed E-state index contributed by atoms with van der Waals surface area (Å²) >= 11 is 5.99. The average molecular weight is 276 g/mol. The molecule has 4 heteroatoms. The van der Waals surface area contributed by atoms with E-state index in [9.17, 15) is 0 Å². The van der Waals surface area contributed by atoms with E-state index in [1.54, 1.807) is 6.20 Å². The number of rotatable bonds is 4. The smallest absolute Gasteiger partial charge is 0.128 e. The van der Waals surface area contributed by atoms with Crippen LogP contribution in [0.2, 0.25) is 5.02 Å². The normalized spacial score (nSPS) is 12.2. The molecule has 0 saturated carbocycles. The van der Waals surface area contributed by atoms with E-state index < -0.39 is 0 Å². The van der Waals surface area contributed by atoms with Gasteiger partial charge in [0.1, 0.15) is 5.82 Å². The zero-order valence-corrected chi connectivity index (χ0v) is 11.9. The van der Waals surface area contributed by atoms with E-state index in [-0.39, 0.29) is 6.04 Å². The number of hydrogen-bond donors (Lipinski definition) is 1. The molecule has 0 unspecified atom stereocenters. The van der Waals surface area contributed by atoms with Crippen LogP contribution in [-0.2, 0) is 6.54 Å². The van der Waals surface area contributed by atoms with Gasteiger partial charge < -0.3 is 10.6 Å². The summed E-state index contributed by atoms with van der Waals surface area (Å²) in [4.78, 5) is 6.46. The van der Waals surface area contributed by atoms with Gasteiger partial charge in [0.15, 0.2) is 0 Å². The Balaban J connectivity index is 2.15. The third-order valence-corrected chi connectivity index (χ3v) is 3.23. The van der Waals surface area contributed by atoms with Gasteiger partial charge in [0.05, 0.1) is 0 Å². The molecule has 1 aromatic heterocycles. The highest BCUT2D eigenvalue weighted by molar-refractivity contribution is 6.30. The van der Waals surface area contributed by atoms with Crippen molar-refractivity contribution >= 4 is 17.4 Å². The third kappa shape index (κ3) is 3.69. The van der Waals surface area contributed by atoms with Gasteiger partial charge >= 0.3 is 0 Å². The van der Waals surface area contributed by atoms with Gasteiger partial charge in [-0.05, 0) is 42.3 Å². The molecule has 0 aliphatic rings. The van der Waals surface area contributed by atoms with Crippen molar-refractivity contribution in [2.24, 2.45) is 5.73 Å². The summed E-state index contributed by atoms with van der Waals surface area (Å²) in [5, 5.41) is 0.753. The van der Waals surface area contributed by atoms with Gasteiger partial charge in [-0.15, -0.1) is 0 Å². The van der Waals surface area contributed by atoms with E-state index in [0.717, 1.165) is 28.5 Å². The van der Waals surface area contributed by atoms with Crippen LogP contribution >= 0.6 is 11.6 Å². The van der Waals surface area contributed by atoms with Gasteiger partial charge in [-0.3, -0.25) is 0 Å². The molecule has 0 bridgehead atoms. The lowest BCUT2D eigenvalue weighted by Crippen LogP contribution is -2.18. The molecule has 0 fully saturated rings. The molecule has 3 nitrogen and oxygen atoms in total. The quantitative estimate of drug-likeness (QED) is 0.930. The van der Waals surface area contributed by atoms with Crippen LogP contribution in [0.4, 0.5) is 5.82 Å². The zero-order chi connectivity index (χ0) is 13.8. The Morgan fingerprint density at radius 2 is 2.11 bits per heavy atom. The first-order chi connectivity index (χ1) is 9.06. The Kier molecular flexibility index (Phi) is 4.40. The second-order valence-electron chi connectivity index (χ2n) is 4.72. The molecule has 0 spiro atoms. The average Bonchev–Trinajstić information content (AvgIpc) is 2.39. The first-order valence-electron chi connectivity index (χ1n) is 6.23. The Morgan fingerprint density at radius 1 is 1.32 bits per heavy atom. The van der Waals surface area contributed by atoms with Crippen molar-refractivity contribution < 1.29 is 0 Å². The molecule has 0 aliphatic heterocycles. The van der Waals surface area contributed by atoms with Crippen molar-refractivity contribution in [2.75, 3.05) is 11.9 Å². The van der Waals surface area contributed by atoms with Gasteiger partial charge in [-0.1, -0.05) is 23.7 Å². The molecule has 2 N–H and O–H groups in total. The van der Waals surface area contributed by atoms with Crippen molar-refractivity contribution in [3.8, 4) is 0 Å². The highest BCUT2D eigenvalue weighted by Gasteiger charge is 2.06. The maximum absolute atomic E-state index is 5.99. The van der Waals surface area contributed by atoms with Crippen molar-refractivity contribution in [1.82, 2.24) is 4.98 Å². The third-order valence-electron chi connectivity index (χ3n) is 3.00. The van der Waals surface area contributed by atoms with Gasteiger partial charge in [-0.2, -0.15) is 0 Å². The summed E-state index contributed by atoms with van der Waals surface area (Å²) in [7, 11) is 2.01. The molecule has 1 atom stereocenters. The van der Waals surface area contributed by atoms with Gasteiger partial charge in [0, 0.05) is 30.9 Å². The number of benzene rings is 1. The van der Waals surface area contributed by atoms with Crippen molar-refractivity contribution in [1.29, 1.82) is 0 Å². The Bertz CT molecular complexity index is 555. The monoisotopic (exact) mass is 275 g/mol. The van der Waals surface area contributed by atoms with Gasteiger partial charge in [0.2, 0.25) is 0 Å². The number of hydrogen-bond acceptors (Lipinski definition) is 3. The summed E-state index contributed by atoms with van der Waals surface area (Å²) in [5.74, 6) is 0.912. The highest BCUT2D eigenvalue weighted by Crippen LogP contribution is 2.18. The van der Waals surface area contributed by atoms with Crippen LogP contribution in [0.15, 0.2) is 42.6 Å². The zero-order valence-electron chi connectivity index (χ0n) is 11.2. The molecule has 0 radical (unpaired) electrons. The number of anilines is 1. The molecule has 19 heavy (non-hydrogen) atoms. The molecule has 0 aliphatic carbocycles. The maximum atomic E-state index is 5.99. The second-order valence-corrected chi connectivity index (χ2v) is 5.16. The van der Waals surface area contributed by atoms with Crippen LogP contribution < -0.4 is 10.6 Å². The minimum Gasteiger partial charge on any atom is -0.355 e. The van der Waals surface area contributed by atoms with Crippen molar-refractivity contribution in [3.05, 3.63) is 58.7 Å². The molecular formula is C15H18ClN3. The van der Waals surface area contributed by atoms with Crippen LogP contribution in [0.1, 0.15) is 24.1 Å². The largest absolute Gasteiger partial charge is 0.355 e. The van der Waals surface area contributed by atoms with E-state index in [0.29, 0.717) is 0 Å². The van der Waals surface area contributed by atoms with Gasteiger partial charge in [-0.25, -0.2) is 4.98 Å². The first kappa shape index (κ1) is 13.8. The number of aromatic nitrogens is 1. The van der Waals surface area contributed by atoms with Crippen LogP contribution in [0, 0.1) is 0 Å². The Morgan fingerprint density at radius 3 is 2.79 bits per heavy atom. The minimum absolute atomic E-state index is 0.0151. The fourth-order valence-corrected chi connectivity index (χ4v) is 2.13. The topological polar surface area (TPSA) is 42.1 Å². The van der Waals surface area contributed by atoms with Crippen LogP contribution in [0.5, 0.6) is 0 Å². The number of nitrogens with zero attached hydrogens (tertiary/aromatic N) is 2. The summed E-state index contributed by atoms with van der Waals surface area (Å²) in [6, 6.07) is 11.8. The van der Waals surface area contributed by atoms with E-state index in [2.05, 4.69) is 16.0 Å². The highest BCUT2D eigenvalue weighted by atomic mass is 35.5. The summed E-state index contributed by atoms with van der Waals surface area (Å²) in [6.07, 6.45) is 1.79. The minimum atomic E-state index is 0.0151. The molecule has 0 amide bonds. The molecule has 1 aromatic carbocycles. The summed E-state index contributed by atoms with van der Waals surface area (Å²) in [5.41, 5.74) is 8.13. The number of pyridine rings is 1. The van der Waals surface area contributed by atoms with Crippen LogP contribution in [-0.4, -0.2) is 12.0 Å². The lowest BCUT2D eigenvalue weighted by molar-refractivity contribution is 0.809. The van der Waals surface area contributed by atoms with Gasteiger partial charge in [0.25, 0.3) is 0 Å². The Labute approximate surface area is 119 Å². The predicted molar refractivity (Wildman–Crippen MR) is 80.4 cm³/mol. The Hall–Kier alpha value is -1.58. The molecule has 2 aromatic rings. The van der Waals surface area contributed by atoms with E-state index in [1.807, 2.05) is 44.3 Å². The fourth-order valence-electron chi connectivity index (χ4n) is 1.92.